The highest BCUT2D eigenvalue weighted by atomic mass is 79.9. The average molecular weight is 368 g/mol. The van der Waals surface area contributed by atoms with Gasteiger partial charge in [0.1, 0.15) is 0 Å². The molecule has 0 bridgehead atoms. The molecule has 1 aromatic heterocycles. The van der Waals surface area contributed by atoms with Gasteiger partial charge in [0, 0.05) is 32.9 Å². The van der Waals surface area contributed by atoms with Crippen molar-refractivity contribution in [3.63, 3.8) is 0 Å². The van der Waals surface area contributed by atoms with Gasteiger partial charge in [-0.05, 0) is 6.07 Å². The van der Waals surface area contributed by atoms with Crippen LogP contribution in [0.25, 0.3) is 11.4 Å². The number of non-ortho nitro benzene ring substituents is 1. The molecule has 1 heterocycles. The molecule has 2 aromatic rings. The fourth-order valence-electron chi connectivity index (χ4n) is 1.29. The van der Waals surface area contributed by atoms with Gasteiger partial charge in [-0.15, -0.1) is 0 Å². The summed E-state index contributed by atoms with van der Waals surface area (Å²) >= 11 is 3.11. The first-order valence-electron chi connectivity index (χ1n) is 4.60. The average Bonchev–Trinajstić information content (AvgIpc) is 2.76. The van der Waals surface area contributed by atoms with Crippen LogP contribution in [0.5, 0.6) is 0 Å². The molecule has 0 aliphatic carbocycles. The molecule has 1 aromatic carbocycles. The number of H-pyrrole nitrogens is 1. The summed E-state index contributed by atoms with van der Waals surface area (Å²) in [4.78, 5) is 13.8. The van der Waals surface area contributed by atoms with E-state index in [2.05, 4.69) is 31.1 Å². The maximum absolute atomic E-state index is 11.0. The Bertz CT molecular complexity index is 760. The molecule has 0 aliphatic heterocycles. The zero-order valence-electron chi connectivity index (χ0n) is 8.87. The topological polar surface area (TPSA) is 119 Å². The van der Waals surface area contributed by atoms with Crippen molar-refractivity contribution < 1.29 is 13.3 Å². The Hall–Kier alpha value is -1.52. The van der Waals surface area contributed by atoms with Gasteiger partial charge in [-0.1, -0.05) is 15.9 Å². The third-order valence-electron chi connectivity index (χ3n) is 2.05. The van der Waals surface area contributed by atoms with Crippen LogP contribution in [0.15, 0.2) is 27.8 Å². The lowest BCUT2D eigenvalue weighted by atomic mass is 10.2. The van der Waals surface area contributed by atoms with E-state index in [1.54, 1.807) is 0 Å². The lowest BCUT2D eigenvalue weighted by Crippen LogP contribution is -1.93. The molecule has 1 N–H and O–H groups in total. The number of nitro benzene ring substituents is 1. The molecule has 0 amide bonds. The van der Waals surface area contributed by atoms with E-state index in [-0.39, 0.29) is 17.1 Å². The number of hydrogen-bond acceptors (Lipinski definition) is 6. The Morgan fingerprint density at radius 2 is 2.05 bits per heavy atom. The van der Waals surface area contributed by atoms with Crippen LogP contribution in [0.1, 0.15) is 0 Å². The van der Waals surface area contributed by atoms with Crippen molar-refractivity contribution in [2.75, 3.05) is 0 Å². The monoisotopic (exact) mass is 366 g/mol. The minimum Gasteiger partial charge on any atom is -0.258 e. The van der Waals surface area contributed by atoms with E-state index >= 15 is 0 Å². The van der Waals surface area contributed by atoms with Gasteiger partial charge in [0.25, 0.3) is 19.9 Å². The van der Waals surface area contributed by atoms with Gasteiger partial charge >= 0.3 is 0 Å². The molecular weight excluding hydrogens is 364 g/mol. The predicted molar refractivity (Wildman–Crippen MR) is 69.2 cm³/mol. The normalized spacial score (nSPS) is 11.5. The fraction of sp³-hybridized carbons (Fsp3) is 0. The van der Waals surface area contributed by atoms with Crippen molar-refractivity contribution >= 4 is 41.4 Å². The van der Waals surface area contributed by atoms with Gasteiger partial charge < -0.3 is 0 Å². The Morgan fingerprint density at radius 1 is 1.37 bits per heavy atom. The van der Waals surface area contributed by atoms with E-state index < -0.39 is 19.1 Å². The molecule has 0 fully saturated rings. The van der Waals surface area contributed by atoms with Crippen molar-refractivity contribution in [1.82, 2.24) is 15.2 Å². The van der Waals surface area contributed by atoms with E-state index in [0.29, 0.717) is 4.47 Å². The first kappa shape index (κ1) is 13.9. The molecule has 0 atom stereocenters. The van der Waals surface area contributed by atoms with Gasteiger partial charge in [-0.3, -0.25) is 10.1 Å². The highest BCUT2D eigenvalue weighted by Gasteiger charge is 2.18. The summed E-state index contributed by atoms with van der Waals surface area (Å²) in [6.07, 6.45) is 0. The van der Waals surface area contributed by atoms with Gasteiger partial charge in [-0.2, -0.15) is 10.1 Å². The van der Waals surface area contributed by atoms with Crippen LogP contribution < -0.4 is 0 Å². The van der Waals surface area contributed by atoms with Crippen molar-refractivity contribution in [2.24, 2.45) is 0 Å². The summed E-state index contributed by atoms with van der Waals surface area (Å²) in [7, 11) is 1.06. The number of aromatic nitrogens is 3. The molecular formula is C8H4BrClN4O4S. The molecule has 19 heavy (non-hydrogen) atoms. The number of rotatable bonds is 3. The van der Waals surface area contributed by atoms with Crippen LogP contribution in [0.4, 0.5) is 5.69 Å². The van der Waals surface area contributed by atoms with E-state index in [1.807, 2.05) is 0 Å². The third kappa shape index (κ3) is 3.08. The number of nitro groups is 1. The van der Waals surface area contributed by atoms with Crippen LogP contribution in [0.3, 0.4) is 0 Å². The minimum absolute atomic E-state index is 0.0105. The molecule has 0 aliphatic rings. The molecule has 2 rings (SSSR count). The summed E-state index contributed by atoms with van der Waals surface area (Å²) in [6.45, 7) is 0. The maximum atomic E-state index is 11.0. The molecule has 0 unspecified atom stereocenters. The maximum Gasteiger partial charge on any atom is 0.296 e. The van der Waals surface area contributed by atoms with E-state index in [9.17, 15) is 18.5 Å². The summed E-state index contributed by atoms with van der Waals surface area (Å²) in [5, 5.41) is 16.0. The summed E-state index contributed by atoms with van der Waals surface area (Å²) in [5.41, 5.74) is 0.105. The largest absolute Gasteiger partial charge is 0.296 e. The SMILES string of the molecule is O=[N+]([O-])c1cc(Br)cc(-c2n[nH]c(S(=O)(=O)Cl)n2)c1. The standard InChI is InChI=1S/C8H4BrClN4O4S/c9-5-1-4(2-6(3-5)14(15)16)7-11-8(13-12-7)19(10,17)18/h1-3H,(H,11,12,13). The highest BCUT2D eigenvalue weighted by molar-refractivity contribution is 9.10. The number of nitrogens with one attached hydrogen (secondary N) is 1. The summed E-state index contributed by atoms with van der Waals surface area (Å²) in [6, 6.07) is 4.04. The quantitative estimate of drug-likeness (QED) is 0.504. The highest BCUT2D eigenvalue weighted by Crippen LogP contribution is 2.27. The van der Waals surface area contributed by atoms with Gasteiger partial charge in [0.05, 0.1) is 4.92 Å². The van der Waals surface area contributed by atoms with Gasteiger partial charge in [0.2, 0.25) is 0 Å². The van der Waals surface area contributed by atoms with Crippen LogP contribution in [0, 0.1) is 10.1 Å². The molecule has 0 spiro atoms. The number of halogens is 2. The zero-order valence-corrected chi connectivity index (χ0v) is 12.0. The Kier molecular flexibility index (Phi) is 3.56. The number of aromatic amines is 1. The van der Waals surface area contributed by atoms with Crippen LogP contribution in [-0.4, -0.2) is 28.5 Å². The first-order chi connectivity index (χ1) is 8.77. The second-order valence-corrected chi connectivity index (χ2v) is 6.75. The van der Waals surface area contributed by atoms with Gasteiger partial charge in [0.15, 0.2) is 5.82 Å². The first-order valence-corrected chi connectivity index (χ1v) is 7.70. The van der Waals surface area contributed by atoms with Crippen LogP contribution in [-0.2, 0) is 9.05 Å². The van der Waals surface area contributed by atoms with Crippen LogP contribution >= 0.6 is 26.6 Å². The molecule has 0 saturated carbocycles. The fourth-order valence-corrected chi connectivity index (χ4v) is 2.33. The summed E-state index contributed by atoms with van der Waals surface area (Å²) < 4.78 is 22.5. The number of benzene rings is 1. The van der Waals surface area contributed by atoms with Crippen LogP contribution in [0.2, 0.25) is 0 Å². The molecule has 100 valence electrons. The second kappa shape index (κ2) is 4.87. The number of nitrogens with zero attached hydrogens (tertiary/aromatic N) is 3. The molecule has 0 radical (unpaired) electrons. The third-order valence-corrected chi connectivity index (χ3v) is 3.59. The van der Waals surface area contributed by atoms with E-state index in [4.69, 9.17) is 10.7 Å². The van der Waals surface area contributed by atoms with Crippen molar-refractivity contribution in [3.8, 4) is 11.4 Å². The lowest BCUT2D eigenvalue weighted by molar-refractivity contribution is -0.384. The Morgan fingerprint density at radius 3 is 2.58 bits per heavy atom. The van der Waals surface area contributed by atoms with Crippen molar-refractivity contribution in [1.29, 1.82) is 0 Å². The molecule has 8 nitrogen and oxygen atoms in total. The Labute approximate surface area is 119 Å². The smallest absolute Gasteiger partial charge is 0.258 e. The lowest BCUT2D eigenvalue weighted by Gasteiger charge is -1.97. The van der Waals surface area contributed by atoms with E-state index in [0.717, 1.165) is 0 Å². The zero-order chi connectivity index (χ0) is 14.2. The van der Waals surface area contributed by atoms with Gasteiger partial charge in [-0.25, -0.2) is 13.5 Å². The molecule has 11 heteroatoms. The van der Waals surface area contributed by atoms with E-state index in [1.165, 1.54) is 18.2 Å². The molecule has 0 saturated heterocycles. The minimum atomic E-state index is -4.03. The Balaban J connectivity index is 2.53. The van der Waals surface area contributed by atoms with Crippen molar-refractivity contribution in [2.45, 2.75) is 5.16 Å². The summed E-state index contributed by atoms with van der Waals surface area (Å²) in [5.74, 6) is -0.0105. The van der Waals surface area contributed by atoms with Crippen molar-refractivity contribution in [3.05, 3.63) is 32.8 Å². The number of hydrogen-bond donors (Lipinski definition) is 1. The second-order valence-electron chi connectivity index (χ2n) is 3.36. The predicted octanol–water partition coefficient (Wildman–Crippen LogP) is 2.07.